The minimum absolute atomic E-state index is 0.238. The van der Waals surface area contributed by atoms with Crippen molar-refractivity contribution in [3.05, 3.63) is 94.0 Å². The van der Waals surface area contributed by atoms with Crippen molar-refractivity contribution < 1.29 is 9.47 Å². The smallest absolute Gasteiger partial charge is 0.231 e. The van der Waals surface area contributed by atoms with E-state index in [0.717, 1.165) is 49.4 Å². The number of hydrogen-bond acceptors (Lipinski definition) is 4. The first-order valence-electron chi connectivity index (χ1n) is 10.4. The molecule has 0 fully saturated rings. The molecule has 0 atom stereocenters. The van der Waals surface area contributed by atoms with E-state index >= 15 is 0 Å². The maximum absolute atomic E-state index is 10.1. The van der Waals surface area contributed by atoms with Crippen LogP contribution in [-0.4, -0.2) is 16.2 Å². The van der Waals surface area contributed by atoms with Crippen LogP contribution in [0.4, 0.5) is 0 Å². The molecule has 2 aromatic heterocycles. The van der Waals surface area contributed by atoms with Gasteiger partial charge in [0.05, 0.1) is 16.7 Å². The summed E-state index contributed by atoms with van der Waals surface area (Å²) in [5.41, 5.74) is 6.76. The minimum atomic E-state index is 0.238. The number of pyridine rings is 1. The summed E-state index contributed by atoms with van der Waals surface area (Å²) in [6.45, 7) is 0.238. The first-order valence-corrected chi connectivity index (χ1v) is 11.2. The van der Waals surface area contributed by atoms with E-state index < -0.39 is 0 Å². The van der Waals surface area contributed by atoms with Crippen LogP contribution >= 0.6 is 15.9 Å². The molecule has 158 valence electrons. The second-order valence-corrected chi connectivity index (χ2v) is 8.60. The van der Waals surface area contributed by atoms with E-state index in [1.165, 1.54) is 0 Å². The van der Waals surface area contributed by atoms with Gasteiger partial charge in [-0.3, -0.25) is 4.40 Å². The molecule has 0 bridgehead atoms. The van der Waals surface area contributed by atoms with E-state index in [-0.39, 0.29) is 6.79 Å². The highest BCUT2D eigenvalue weighted by molar-refractivity contribution is 9.10. The van der Waals surface area contributed by atoms with Crippen molar-refractivity contribution in [2.24, 2.45) is 0 Å². The summed E-state index contributed by atoms with van der Waals surface area (Å²) in [6.07, 6.45) is 3.93. The molecule has 5 nitrogen and oxygen atoms in total. The summed E-state index contributed by atoms with van der Waals surface area (Å²) in [5, 5.41) is 10.1. The second-order valence-electron chi connectivity index (χ2n) is 7.68. The molecule has 0 N–H and O–H groups in total. The Balaban J connectivity index is 1.58. The van der Waals surface area contributed by atoms with Crippen LogP contribution in [0.5, 0.6) is 11.5 Å². The summed E-state index contributed by atoms with van der Waals surface area (Å²) in [4.78, 5) is 4.81. The quantitative estimate of drug-likeness (QED) is 0.281. The molecule has 6 rings (SSSR count). The maximum atomic E-state index is 10.1. The first kappa shape index (κ1) is 19.6. The molecule has 0 aliphatic carbocycles. The van der Waals surface area contributed by atoms with Gasteiger partial charge < -0.3 is 9.47 Å². The molecule has 0 radical (unpaired) electrons. The summed E-state index contributed by atoms with van der Waals surface area (Å²) in [5.74, 6) is 1.47. The van der Waals surface area contributed by atoms with Gasteiger partial charge in [0.15, 0.2) is 17.1 Å². The number of imidazole rings is 1. The van der Waals surface area contributed by atoms with Crippen LogP contribution in [0.25, 0.3) is 40.1 Å². The number of hydrogen-bond donors (Lipinski definition) is 0. The van der Waals surface area contributed by atoms with Gasteiger partial charge in [0, 0.05) is 4.47 Å². The maximum Gasteiger partial charge on any atom is 0.231 e. The van der Waals surface area contributed by atoms with Gasteiger partial charge in [0.25, 0.3) is 0 Å². The Morgan fingerprint density at radius 3 is 2.61 bits per heavy atom. The Morgan fingerprint density at radius 1 is 0.939 bits per heavy atom. The average molecular weight is 494 g/mol. The molecule has 3 aromatic carbocycles. The number of fused-ring (bicyclic) bond motifs is 4. The van der Waals surface area contributed by atoms with Crippen LogP contribution in [0.15, 0.2) is 77.3 Å². The molecule has 0 spiro atoms. The molecule has 33 heavy (non-hydrogen) atoms. The van der Waals surface area contributed by atoms with Gasteiger partial charge >= 0.3 is 0 Å². The lowest BCUT2D eigenvalue weighted by Gasteiger charge is -2.11. The van der Waals surface area contributed by atoms with Gasteiger partial charge in [0.2, 0.25) is 6.79 Å². The Hall–Kier alpha value is -4.08. The van der Waals surface area contributed by atoms with Crippen LogP contribution in [0.2, 0.25) is 0 Å². The van der Waals surface area contributed by atoms with Crippen molar-refractivity contribution in [1.82, 2.24) is 9.38 Å². The number of para-hydroxylation sites is 2. The fourth-order valence-corrected chi connectivity index (χ4v) is 4.40. The third kappa shape index (κ3) is 3.34. The van der Waals surface area contributed by atoms with Crippen molar-refractivity contribution in [2.75, 3.05) is 6.79 Å². The second kappa shape index (κ2) is 7.80. The molecule has 1 aliphatic heterocycles. The fraction of sp³-hybridized carbons (Fsp3) is 0.0370. The number of rotatable bonds is 3. The normalized spacial score (nSPS) is 12.6. The highest BCUT2D eigenvalue weighted by Gasteiger charge is 2.17. The Morgan fingerprint density at radius 2 is 1.76 bits per heavy atom. The zero-order valence-electron chi connectivity index (χ0n) is 17.3. The Bertz CT molecular complexity index is 1610. The predicted molar refractivity (Wildman–Crippen MR) is 132 cm³/mol. The fourth-order valence-electron chi connectivity index (χ4n) is 4.13. The van der Waals surface area contributed by atoms with E-state index in [1.54, 1.807) is 0 Å². The SMILES string of the molecule is N#Cc1c(/C=C/c2ccc3c(c2)OCO3)cc(-c2ccc(Br)cc2)n2c1nc1ccccc12. The number of nitriles is 1. The van der Waals surface area contributed by atoms with E-state index in [9.17, 15) is 5.26 Å². The molecule has 0 saturated carbocycles. The molecule has 0 amide bonds. The van der Waals surface area contributed by atoms with E-state index in [0.29, 0.717) is 11.2 Å². The Labute approximate surface area is 198 Å². The first-order chi connectivity index (χ1) is 16.2. The van der Waals surface area contributed by atoms with Crippen LogP contribution in [0, 0.1) is 11.3 Å². The van der Waals surface area contributed by atoms with Gasteiger partial charge in [-0.1, -0.05) is 58.4 Å². The number of benzene rings is 3. The van der Waals surface area contributed by atoms with E-state index in [2.05, 4.69) is 38.5 Å². The molecule has 5 aromatic rings. The van der Waals surface area contributed by atoms with Gasteiger partial charge in [-0.15, -0.1) is 0 Å². The van der Waals surface area contributed by atoms with Crippen molar-refractivity contribution >= 4 is 44.8 Å². The van der Waals surface area contributed by atoms with E-state index in [1.807, 2.05) is 72.8 Å². The summed E-state index contributed by atoms with van der Waals surface area (Å²) < 4.78 is 14.0. The predicted octanol–water partition coefficient (Wildman–Crippen LogP) is 6.69. The summed E-state index contributed by atoms with van der Waals surface area (Å²) in [7, 11) is 0. The monoisotopic (exact) mass is 493 g/mol. The van der Waals surface area contributed by atoms with Crippen LogP contribution < -0.4 is 9.47 Å². The number of halogens is 1. The lowest BCUT2D eigenvalue weighted by atomic mass is 10.0. The topological polar surface area (TPSA) is 59.5 Å². The third-order valence-corrected chi connectivity index (χ3v) is 6.24. The van der Waals surface area contributed by atoms with Gasteiger partial charge in [0.1, 0.15) is 11.6 Å². The lowest BCUT2D eigenvalue weighted by molar-refractivity contribution is 0.174. The number of nitrogens with zero attached hydrogens (tertiary/aromatic N) is 3. The molecular formula is C27H16BrN3O2. The zero-order valence-corrected chi connectivity index (χ0v) is 18.9. The van der Waals surface area contributed by atoms with Gasteiger partial charge in [-0.25, -0.2) is 4.98 Å². The van der Waals surface area contributed by atoms with Crippen LogP contribution in [0.3, 0.4) is 0 Å². The molecule has 1 aliphatic rings. The van der Waals surface area contributed by atoms with Crippen molar-refractivity contribution in [3.63, 3.8) is 0 Å². The summed E-state index contributed by atoms with van der Waals surface area (Å²) >= 11 is 3.52. The van der Waals surface area contributed by atoms with Crippen LogP contribution in [0.1, 0.15) is 16.7 Å². The molecular weight excluding hydrogens is 478 g/mol. The standard InChI is InChI=1S/C27H16BrN3O2/c28-20-10-8-18(9-11-20)24-14-19(7-5-17-6-12-25-26(13-17)33-16-32-25)21(15-29)27-30-22-3-1-2-4-23(22)31(24)27/h1-14H,16H2/b7-5+. The molecule has 0 unspecified atom stereocenters. The van der Waals surface area contributed by atoms with Gasteiger partial charge in [-0.05, 0) is 59.2 Å². The largest absolute Gasteiger partial charge is 0.454 e. The number of aromatic nitrogens is 2. The van der Waals surface area contributed by atoms with Crippen molar-refractivity contribution in [2.45, 2.75) is 0 Å². The molecule has 3 heterocycles. The van der Waals surface area contributed by atoms with Gasteiger partial charge in [-0.2, -0.15) is 5.26 Å². The highest BCUT2D eigenvalue weighted by atomic mass is 79.9. The molecule has 6 heteroatoms. The van der Waals surface area contributed by atoms with Crippen molar-refractivity contribution in [3.8, 4) is 28.8 Å². The lowest BCUT2D eigenvalue weighted by Crippen LogP contribution is -1.98. The average Bonchev–Trinajstić information content (AvgIpc) is 3.47. The van der Waals surface area contributed by atoms with Crippen molar-refractivity contribution in [1.29, 1.82) is 5.26 Å². The zero-order chi connectivity index (χ0) is 22.4. The Kier molecular flexibility index (Phi) is 4.63. The van der Waals surface area contributed by atoms with Crippen LogP contribution in [-0.2, 0) is 0 Å². The third-order valence-electron chi connectivity index (χ3n) is 5.71. The number of ether oxygens (including phenoxy) is 2. The summed E-state index contributed by atoms with van der Waals surface area (Å²) in [6, 6.07) is 26.3. The highest BCUT2D eigenvalue weighted by Crippen LogP contribution is 2.34. The minimum Gasteiger partial charge on any atom is -0.454 e. The molecule has 0 saturated heterocycles. The van der Waals surface area contributed by atoms with E-state index in [4.69, 9.17) is 14.5 Å².